The van der Waals surface area contributed by atoms with Crippen LogP contribution in [0.2, 0.25) is 0 Å². The van der Waals surface area contributed by atoms with Crippen LogP contribution in [0.5, 0.6) is 5.75 Å². The van der Waals surface area contributed by atoms with Gasteiger partial charge in [-0.2, -0.15) is 0 Å². The number of carbonyl (C=O) groups is 2. The van der Waals surface area contributed by atoms with Crippen LogP contribution >= 0.6 is 0 Å². The zero-order valence-corrected chi connectivity index (χ0v) is 15.8. The Labute approximate surface area is 164 Å². The third-order valence-corrected chi connectivity index (χ3v) is 6.06. The lowest BCUT2D eigenvalue weighted by Crippen LogP contribution is -2.54. The zero-order chi connectivity index (χ0) is 20.1. The third kappa shape index (κ3) is 4.67. The molecule has 1 aromatic carbocycles. The Kier molecular flexibility index (Phi) is 6.61. The molecule has 0 aromatic heterocycles. The molecule has 1 saturated carbocycles. The summed E-state index contributed by atoms with van der Waals surface area (Å²) in [5, 5.41) is 14.7. The number of hydrogen-bond acceptors (Lipinski definition) is 6. The maximum absolute atomic E-state index is 12.0. The largest absolute Gasteiger partial charge is 0.493 e. The van der Waals surface area contributed by atoms with Crippen molar-refractivity contribution in [3.63, 3.8) is 0 Å². The number of fused-ring (bicyclic) bond motifs is 1. The molecule has 4 atom stereocenters. The number of amides is 1. The average molecular weight is 389 g/mol. The first-order valence-electron chi connectivity index (χ1n) is 9.91. The maximum Gasteiger partial charge on any atom is 0.283 e. The van der Waals surface area contributed by atoms with Gasteiger partial charge in [-0.15, -0.1) is 0 Å². The Morgan fingerprint density at radius 1 is 1.32 bits per heavy atom. The number of nitrogens with two attached hydrogens (primary N) is 1. The molecular weight excluding hydrogens is 362 g/mol. The summed E-state index contributed by atoms with van der Waals surface area (Å²) in [6.45, 7) is 0.220. The lowest BCUT2D eigenvalue weighted by molar-refractivity contribution is -0.385. The van der Waals surface area contributed by atoms with Gasteiger partial charge in [-0.1, -0.05) is 12.8 Å². The fourth-order valence-electron chi connectivity index (χ4n) is 4.56. The number of rotatable bonds is 8. The number of hydrogen-bond donors (Lipinski definition) is 2. The van der Waals surface area contributed by atoms with E-state index >= 15 is 0 Å². The average Bonchev–Trinajstić information content (AvgIpc) is 2.70. The second-order valence-electron chi connectivity index (χ2n) is 7.74. The summed E-state index contributed by atoms with van der Waals surface area (Å²) < 4.78 is 5.62. The van der Waals surface area contributed by atoms with Crippen LogP contribution in [-0.4, -0.2) is 35.8 Å². The number of nitro benzene ring substituents is 1. The fraction of sp³-hybridized carbons (Fsp3) is 0.600. The van der Waals surface area contributed by atoms with E-state index in [1.165, 1.54) is 37.5 Å². The minimum absolute atomic E-state index is 0.000745. The van der Waals surface area contributed by atoms with Crippen LogP contribution in [0, 0.1) is 22.0 Å². The van der Waals surface area contributed by atoms with Crippen LogP contribution in [0.3, 0.4) is 0 Å². The molecule has 1 aliphatic heterocycles. The van der Waals surface area contributed by atoms with Crippen LogP contribution in [0.4, 0.5) is 5.69 Å². The Morgan fingerprint density at radius 2 is 2.11 bits per heavy atom. The van der Waals surface area contributed by atoms with Gasteiger partial charge < -0.3 is 15.8 Å². The Morgan fingerprint density at radius 3 is 2.82 bits per heavy atom. The Bertz CT molecular complexity index is 739. The van der Waals surface area contributed by atoms with Gasteiger partial charge in [0.2, 0.25) is 5.91 Å². The molecule has 0 bridgehead atoms. The van der Waals surface area contributed by atoms with E-state index in [0.29, 0.717) is 30.4 Å². The second kappa shape index (κ2) is 9.14. The smallest absolute Gasteiger partial charge is 0.283 e. The van der Waals surface area contributed by atoms with Crippen molar-refractivity contribution in [1.82, 2.24) is 5.32 Å². The van der Waals surface area contributed by atoms with Gasteiger partial charge in [-0.3, -0.25) is 19.7 Å². The molecule has 152 valence electrons. The van der Waals surface area contributed by atoms with Crippen molar-refractivity contribution in [3.05, 3.63) is 33.9 Å². The van der Waals surface area contributed by atoms with Crippen molar-refractivity contribution in [2.75, 3.05) is 6.61 Å². The van der Waals surface area contributed by atoms with Gasteiger partial charge in [0.15, 0.2) is 6.29 Å². The van der Waals surface area contributed by atoms with Gasteiger partial charge in [0.05, 0.1) is 29.1 Å². The molecule has 1 heterocycles. The first-order chi connectivity index (χ1) is 13.5. The van der Waals surface area contributed by atoms with Crippen molar-refractivity contribution in [2.45, 2.75) is 57.0 Å². The van der Waals surface area contributed by atoms with E-state index in [9.17, 15) is 19.7 Å². The molecule has 3 N–H and O–H groups in total. The fourth-order valence-corrected chi connectivity index (χ4v) is 4.56. The third-order valence-electron chi connectivity index (χ3n) is 6.06. The monoisotopic (exact) mass is 389 g/mol. The molecule has 3 rings (SSSR count). The summed E-state index contributed by atoms with van der Waals surface area (Å²) in [4.78, 5) is 33.4. The molecule has 1 aromatic rings. The normalized spacial score (nSPS) is 25.4. The van der Waals surface area contributed by atoms with Gasteiger partial charge in [-0.25, -0.2) is 0 Å². The molecule has 2 fully saturated rings. The van der Waals surface area contributed by atoms with E-state index in [-0.39, 0.29) is 35.7 Å². The number of aldehydes is 1. The van der Waals surface area contributed by atoms with E-state index in [0.717, 1.165) is 19.3 Å². The summed E-state index contributed by atoms with van der Waals surface area (Å²) in [5.41, 5.74) is 5.36. The van der Waals surface area contributed by atoms with Crippen molar-refractivity contribution >= 4 is 17.9 Å². The molecule has 28 heavy (non-hydrogen) atoms. The highest BCUT2D eigenvalue weighted by Gasteiger charge is 2.36. The van der Waals surface area contributed by atoms with Crippen LogP contribution in [-0.2, 0) is 4.79 Å². The van der Waals surface area contributed by atoms with Gasteiger partial charge in [0, 0.05) is 12.1 Å². The molecule has 1 amide bonds. The van der Waals surface area contributed by atoms with Crippen molar-refractivity contribution in [1.29, 1.82) is 0 Å². The van der Waals surface area contributed by atoms with Crippen molar-refractivity contribution < 1.29 is 19.2 Å². The minimum atomic E-state index is -0.616. The molecule has 2 aliphatic rings. The van der Waals surface area contributed by atoms with E-state index in [2.05, 4.69) is 5.32 Å². The van der Waals surface area contributed by atoms with Crippen LogP contribution < -0.4 is 15.8 Å². The highest BCUT2D eigenvalue weighted by Crippen LogP contribution is 2.34. The quantitative estimate of drug-likeness (QED) is 0.400. The first-order valence-corrected chi connectivity index (χ1v) is 9.91. The molecule has 0 radical (unpaired) electrons. The number of nitrogens with zero attached hydrogens (tertiary/aromatic N) is 1. The summed E-state index contributed by atoms with van der Waals surface area (Å²) in [6.07, 6.45) is 7.84. The molecular formula is C20H27N3O5. The Hall–Kier alpha value is -2.48. The Balaban J connectivity index is 1.58. The minimum Gasteiger partial charge on any atom is -0.493 e. The van der Waals surface area contributed by atoms with E-state index in [1.807, 2.05) is 0 Å². The summed E-state index contributed by atoms with van der Waals surface area (Å²) >= 11 is 0. The van der Waals surface area contributed by atoms with Gasteiger partial charge in [0.25, 0.3) is 5.69 Å². The summed E-state index contributed by atoms with van der Waals surface area (Å²) in [5.74, 6) is 0.306. The molecule has 8 nitrogen and oxygen atoms in total. The molecule has 4 unspecified atom stereocenters. The number of carbonyl (C=O) groups excluding carboxylic acids is 2. The van der Waals surface area contributed by atoms with E-state index in [1.54, 1.807) is 0 Å². The summed E-state index contributed by atoms with van der Waals surface area (Å²) in [7, 11) is 0. The molecule has 0 spiro atoms. The van der Waals surface area contributed by atoms with E-state index in [4.69, 9.17) is 10.5 Å². The number of benzene rings is 1. The maximum atomic E-state index is 12.0. The number of nitro groups is 1. The van der Waals surface area contributed by atoms with Gasteiger partial charge in [-0.05, 0) is 50.2 Å². The van der Waals surface area contributed by atoms with Gasteiger partial charge in [0.1, 0.15) is 5.75 Å². The van der Waals surface area contributed by atoms with Crippen LogP contribution in [0.25, 0.3) is 0 Å². The lowest BCUT2D eigenvalue weighted by atomic mass is 9.75. The number of ether oxygens (including phenoxy) is 1. The topological polar surface area (TPSA) is 125 Å². The molecule has 1 aliphatic carbocycles. The summed E-state index contributed by atoms with van der Waals surface area (Å²) in [6, 6.07) is 4.62. The van der Waals surface area contributed by atoms with Gasteiger partial charge >= 0.3 is 0 Å². The SMILES string of the molecule is NC(=O)C(CCOc1ccc(C=O)c([N+](=O)[O-])c1)C1CCC2CCCCC2N1. The lowest BCUT2D eigenvalue weighted by Gasteiger charge is -2.42. The van der Waals surface area contributed by atoms with Crippen LogP contribution in [0.15, 0.2) is 18.2 Å². The highest BCUT2D eigenvalue weighted by atomic mass is 16.6. The van der Waals surface area contributed by atoms with Crippen molar-refractivity contribution in [3.8, 4) is 5.75 Å². The number of primary amides is 1. The predicted octanol–water partition coefficient (Wildman–Crippen LogP) is 2.59. The predicted molar refractivity (Wildman–Crippen MR) is 103 cm³/mol. The molecule has 1 saturated heterocycles. The second-order valence-corrected chi connectivity index (χ2v) is 7.74. The standard InChI is InChI=1S/C20H27N3O5/c21-20(25)16(18-8-6-13-3-1-2-4-17(13)22-18)9-10-28-15-7-5-14(12-24)19(11-15)23(26)27/h5,7,11-13,16-18,22H,1-4,6,8-10H2,(H2,21,25). The van der Waals surface area contributed by atoms with Crippen molar-refractivity contribution in [2.24, 2.45) is 17.6 Å². The van der Waals surface area contributed by atoms with E-state index < -0.39 is 4.92 Å². The highest BCUT2D eigenvalue weighted by molar-refractivity contribution is 5.81. The number of nitrogens with one attached hydrogen (secondary N) is 1. The zero-order valence-electron chi connectivity index (χ0n) is 15.8. The first kappa shape index (κ1) is 20.3. The molecule has 8 heteroatoms. The van der Waals surface area contributed by atoms with Crippen LogP contribution in [0.1, 0.15) is 55.3 Å². The number of piperidine rings is 1.